The van der Waals surface area contributed by atoms with Crippen molar-refractivity contribution in [1.29, 1.82) is 0 Å². The summed E-state index contributed by atoms with van der Waals surface area (Å²) < 4.78 is 14.1. The molecule has 8 heteroatoms. The van der Waals surface area contributed by atoms with Crippen LogP contribution in [0.25, 0.3) is 0 Å². The van der Waals surface area contributed by atoms with Gasteiger partial charge in [0, 0.05) is 36.3 Å². The molecule has 1 aliphatic heterocycles. The van der Waals surface area contributed by atoms with Crippen LogP contribution in [0.2, 0.25) is 5.02 Å². The number of rotatable bonds is 10. The molecular weight excluding hydrogens is 536 g/mol. The molecule has 1 aromatic rings. The number of carbonyl (C=O) groups excluding carboxylic acids is 2. The normalized spacial score (nSPS) is 20.4. The van der Waals surface area contributed by atoms with Gasteiger partial charge in [0.2, 0.25) is 12.8 Å². The average Bonchev–Trinajstić information content (AvgIpc) is 3.54. The van der Waals surface area contributed by atoms with E-state index in [0.717, 1.165) is 37.5 Å². The largest absolute Gasteiger partial charge is 0.359 e. The highest BCUT2D eigenvalue weighted by atomic mass is 35.5. The topological polar surface area (TPSA) is 70.2 Å². The zero-order valence-corrected chi connectivity index (χ0v) is 25.5. The fraction of sp³-hybridized carbons (Fsp3) is 0.548. The van der Waals surface area contributed by atoms with E-state index in [1.54, 1.807) is 6.92 Å². The van der Waals surface area contributed by atoms with Gasteiger partial charge in [0.15, 0.2) is 0 Å². The summed E-state index contributed by atoms with van der Waals surface area (Å²) in [4.78, 5) is 20.2. The van der Waals surface area contributed by atoms with Crippen LogP contribution in [0.15, 0.2) is 59.0 Å². The molecule has 0 spiro atoms. The lowest BCUT2D eigenvalue weighted by atomic mass is 9.88. The highest BCUT2D eigenvalue weighted by Gasteiger charge is 2.26. The zero-order chi connectivity index (χ0) is 29.3. The number of amides is 2. The van der Waals surface area contributed by atoms with E-state index in [9.17, 15) is 14.0 Å². The molecule has 218 valence electrons. The van der Waals surface area contributed by atoms with Gasteiger partial charge in [-0.1, -0.05) is 94.8 Å². The van der Waals surface area contributed by atoms with Crippen molar-refractivity contribution in [3.63, 3.8) is 0 Å². The summed E-state index contributed by atoms with van der Waals surface area (Å²) in [5, 5.41) is 9.06. The van der Waals surface area contributed by atoms with Gasteiger partial charge < -0.3 is 16.0 Å². The number of nitrogens with one attached hydrogen (secondary N) is 3. The minimum atomic E-state index is -0.541. The van der Waals surface area contributed by atoms with E-state index < -0.39 is 5.83 Å². The molecule has 3 rings (SSSR count). The zero-order valence-electron chi connectivity index (χ0n) is 24.0. The molecule has 0 unspecified atom stereocenters. The smallest absolute Gasteiger partial charge is 0.211 e. The summed E-state index contributed by atoms with van der Waals surface area (Å²) in [6, 6.07) is 7.72. The highest BCUT2D eigenvalue weighted by molar-refractivity contribution is 6.31. The van der Waals surface area contributed by atoms with Gasteiger partial charge in [0.25, 0.3) is 0 Å². The van der Waals surface area contributed by atoms with Crippen molar-refractivity contribution in [2.75, 3.05) is 19.6 Å². The van der Waals surface area contributed by atoms with Gasteiger partial charge in [0.1, 0.15) is 5.83 Å². The third-order valence-electron chi connectivity index (χ3n) is 6.14. The molecule has 2 atom stereocenters. The van der Waals surface area contributed by atoms with Crippen LogP contribution in [0.1, 0.15) is 78.2 Å². The van der Waals surface area contributed by atoms with Crippen LogP contribution < -0.4 is 16.0 Å². The third kappa shape index (κ3) is 16.5. The van der Waals surface area contributed by atoms with Gasteiger partial charge in [0.05, 0.1) is 5.03 Å². The Bertz CT molecular complexity index is 961. The second kappa shape index (κ2) is 19.0. The predicted molar refractivity (Wildman–Crippen MR) is 162 cm³/mol. The maximum absolute atomic E-state index is 14.1. The standard InChI is InChI=1S/C18H19Cl2FN2O.C8H15NO.C5H12/c1-12(23-11-24)7-17(20)18(21)6-5-14-9-22-10-16(14)13-3-2-4-15(19)8-13;10-7-9-6-5-8-3-1-2-4-8;1-5(2,3)4/h2-8,11,14,16,22H,9-10H2,1H3,(H,23,24);7-8H,1-6H2,(H,9,10);1-4H3/b6-5+,12-7+,18-17-;;/t14-,16-;;/m1../s1. The molecule has 3 N–H and O–H groups in total. The predicted octanol–water partition coefficient (Wildman–Crippen LogP) is 7.63. The number of benzene rings is 1. The van der Waals surface area contributed by atoms with Crippen LogP contribution in [-0.4, -0.2) is 32.5 Å². The van der Waals surface area contributed by atoms with Crippen molar-refractivity contribution in [1.82, 2.24) is 16.0 Å². The van der Waals surface area contributed by atoms with Crippen molar-refractivity contribution in [3.05, 3.63) is 69.6 Å². The van der Waals surface area contributed by atoms with E-state index in [4.69, 9.17) is 23.2 Å². The van der Waals surface area contributed by atoms with Gasteiger partial charge in [-0.05, 0) is 60.4 Å². The maximum Gasteiger partial charge on any atom is 0.211 e. The minimum Gasteiger partial charge on any atom is -0.359 e. The average molecular weight is 583 g/mol. The van der Waals surface area contributed by atoms with Gasteiger partial charge in [-0.3, -0.25) is 9.59 Å². The molecule has 1 saturated heterocycles. The lowest BCUT2D eigenvalue weighted by Gasteiger charge is -2.15. The monoisotopic (exact) mass is 581 g/mol. The minimum absolute atomic E-state index is 0.0524. The molecule has 2 aliphatic rings. The summed E-state index contributed by atoms with van der Waals surface area (Å²) in [6.45, 7) is 12.8. The first-order valence-corrected chi connectivity index (χ1v) is 14.4. The molecule has 2 amide bonds. The second-order valence-electron chi connectivity index (χ2n) is 11.6. The Labute approximate surface area is 244 Å². The van der Waals surface area contributed by atoms with Gasteiger partial charge in [-0.2, -0.15) is 0 Å². The molecule has 0 radical (unpaired) electrons. The first-order chi connectivity index (χ1) is 18.4. The number of carbonyl (C=O) groups is 2. The molecule has 1 saturated carbocycles. The third-order valence-corrected chi connectivity index (χ3v) is 6.67. The van der Waals surface area contributed by atoms with Gasteiger partial charge >= 0.3 is 0 Å². The Balaban J connectivity index is 0.000000415. The molecule has 2 fully saturated rings. The molecule has 39 heavy (non-hydrogen) atoms. The van der Waals surface area contributed by atoms with E-state index in [-0.39, 0.29) is 16.9 Å². The Morgan fingerprint density at radius 2 is 1.79 bits per heavy atom. The van der Waals surface area contributed by atoms with Crippen molar-refractivity contribution < 1.29 is 14.0 Å². The fourth-order valence-corrected chi connectivity index (χ4v) is 4.76. The number of hydrogen-bond acceptors (Lipinski definition) is 3. The summed E-state index contributed by atoms with van der Waals surface area (Å²) in [7, 11) is 0. The van der Waals surface area contributed by atoms with Crippen molar-refractivity contribution in [2.24, 2.45) is 17.3 Å². The Morgan fingerprint density at radius 1 is 1.13 bits per heavy atom. The number of allylic oxidation sites excluding steroid dienone is 5. The Morgan fingerprint density at radius 3 is 2.38 bits per heavy atom. The molecule has 5 nitrogen and oxygen atoms in total. The highest BCUT2D eigenvalue weighted by Crippen LogP contribution is 2.31. The van der Waals surface area contributed by atoms with Crippen molar-refractivity contribution in [3.8, 4) is 0 Å². The summed E-state index contributed by atoms with van der Waals surface area (Å²) in [5.74, 6) is 0.741. The van der Waals surface area contributed by atoms with Crippen molar-refractivity contribution in [2.45, 2.75) is 72.6 Å². The van der Waals surface area contributed by atoms with Crippen LogP contribution in [0, 0.1) is 17.3 Å². The quantitative estimate of drug-likeness (QED) is 0.151. The molecular formula is C31H46Cl2FN3O2. The molecule has 0 aromatic heterocycles. The fourth-order valence-electron chi connectivity index (χ4n) is 4.33. The molecule has 1 aliphatic carbocycles. The summed E-state index contributed by atoms with van der Waals surface area (Å²) >= 11 is 12.0. The molecule has 1 aromatic carbocycles. The van der Waals surface area contributed by atoms with Crippen LogP contribution in [0.3, 0.4) is 0 Å². The van der Waals surface area contributed by atoms with Crippen LogP contribution in [0.5, 0.6) is 0 Å². The first kappa shape index (κ1) is 34.9. The summed E-state index contributed by atoms with van der Waals surface area (Å²) in [6.07, 6.45) is 12.6. The van der Waals surface area contributed by atoms with E-state index >= 15 is 0 Å². The van der Waals surface area contributed by atoms with Crippen molar-refractivity contribution >= 4 is 36.0 Å². The molecule has 0 bridgehead atoms. The first-order valence-electron chi connectivity index (χ1n) is 13.7. The van der Waals surface area contributed by atoms with E-state index in [1.807, 2.05) is 30.3 Å². The van der Waals surface area contributed by atoms with E-state index in [1.165, 1.54) is 44.3 Å². The lowest BCUT2D eigenvalue weighted by Crippen LogP contribution is -2.14. The van der Waals surface area contributed by atoms with E-state index in [0.29, 0.717) is 22.5 Å². The Kier molecular flexibility index (Phi) is 17.0. The van der Waals surface area contributed by atoms with Crippen LogP contribution >= 0.6 is 23.2 Å². The maximum atomic E-state index is 14.1. The van der Waals surface area contributed by atoms with Crippen LogP contribution in [-0.2, 0) is 9.59 Å². The van der Waals surface area contributed by atoms with E-state index in [2.05, 4.69) is 43.6 Å². The van der Waals surface area contributed by atoms with Gasteiger partial charge in [-0.15, -0.1) is 0 Å². The second-order valence-corrected chi connectivity index (χ2v) is 12.5. The van der Waals surface area contributed by atoms with Crippen LogP contribution in [0.4, 0.5) is 4.39 Å². The van der Waals surface area contributed by atoms with Gasteiger partial charge in [-0.25, -0.2) is 4.39 Å². The Hall–Kier alpha value is -2.15. The molecule has 1 heterocycles. The number of hydrogen-bond donors (Lipinski definition) is 3. The summed E-state index contributed by atoms with van der Waals surface area (Å²) in [5.41, 5.74) is 2.10. The SMILES string of the molecule is CC(C)(C)C.C\C(=C/C(Cl)=C(F)\C=C\[C@@H]1CNC[C@@H]1c1cccc(Cl)c1)NC=O.O=CNCCC1CCCC1. The number of halogens is 3. The lowest BCUT2D eigenvalue weighted by molar-refractivity contribution is -0.110.